The van der Waals surface area contributed by atoms with E-state index in [9.17, 15) is 0 Å². The Morgan fingerprint density at radius 1 is 0.500 bits per heavy atom. The van der Waals surface area contributed by atoms with Gasteiger partial charge in [-0.1, -0.05) is 84.9 Å². The van der Waals surface area contributed by atoms with Gasteiger partial charge in [-0.2, -0.15) is 0 Å². The second-order valence-electron chi connectivity index (χ2n) is 9.17. The normalized spacial score (nSPS) is 11.9. The van der Waals surface area contributed by atoms with Gasteiger partial charge < -0.3 is 0 Å². The molecule has 0 fully saturated rings. The number of nitrogens with zero attached hydrogens (tertiary/aromatic N) is 4. The van der Waals surface area contributed by atoms with E-state index in [-0.39, 0.29) is 0 Å². The molecule has 0 saturated carbocycles. The summed E-state index contributed by atoms with van der Waals surface area (Å²) >= 11 is 0. The number of fused-ring (bicyclic) bond motifs is 7. The average Bonchev–Trinajstić information content (AvgIpc) is 3.47. The van der Waals surface area contributed by atoms with Crippen LogP contribution in [0.25, 0.3) is 66.5 Å². The molecule has 0 spiro atoms. The Morgan fingerprint density at radius 3 is 2.08 bits per heavy atom. The molecule has 3 aromatic heterocycles. The Labute approximate surface area is 206 Å². The average molecular weight is 461 g/mol. The third-order valence-corrected chi connectivity index (χ3v) is 7.10. The zero-order chi connectivity index (χ0) is 23.6. The molecule has 0 N–H and O–H groups in total. The molecule has 8 aromatic rings. The maximum absolute atomic E-state index is 5.23. The summed E-state index contributed by atoms with van der Waals surface area (Å²) in [6.07, 6.45) is 0. The first kappa shape index (κ1) is 19.4. The van der Waals surface area contributed by atoms with E-state index in [0.717, 1.165) is 38.8 Å². The predicted molar refractivity (Wildman–Crippen MR) is 148 cm³/mol. The SMILES string of the molecule is c1ccc2cc(-c3nc(-n4c5ccccc5n5c6ccccc6cc45)nc4ccccc34)ccc2c1. The van der Waals surface area contributed by atoms with Crippen molar-refractivity contribution in [2.24, 2.45) is 0 Å². The Morgan fingerprint density at radius 2 is 1.19 bits per heavy atom. The van der Waals surface area contributed by atoms with Crippen molar-refractivity contribution < 1.29 is 0 Å². The molecular weight excluding hydrogens is 440 g/mol. The third kappa shape index (κ3) is 2.70. The molecule has 4 heteroatoms. The van der Waals surface area contributed by atoms with Crippen molar-refractivity contribution in [2.75, 3.05) is 0 Å². The molecule has 0 radical (unpaired) electrons. The van der Waals surface area contributed by atoms with Crippen molar-refractivity contribution in [1.82, 2.24) is 18.9 Å². The second kappa shape index (κ2) is 7.27. The van der Waals surface area contributed by atoms with Gasteiger partial charge in [0, 0.05) is 16.3 Å². The van der Waals surface area contributed by atoms with Crippen molar-refractivity contribution in [3.05, 3.63) is 121 Å². The van der Waals surface area contributed by atoms with Crippen molar-refractivity contribution in [3.8, 4) is 17.2 Å². The van der Waals surface area contributed by atoms with Crippen molar-refractivity contribution in [3.63, 3.8) is 0 Å². The summed E-state index contributed by atoms with van der Waals surface area (Å²) < 4.78 is 4.49. The quantitative estimate of drug-likeness (QED) is 0.264. The first-order valence-electron chi connectivity index (χ1n) is 12.1. The molecule has 0 bridgehead atoms. The minimum Gasteiger partial charge on any atom is -0.293 e. The molecule has 36 heavy (non-hydrogen) atoms. The molecule has 0 saturated heterocycles. The van der Waals surface area contributed by atoms with Crippen molar-refractivity contribution >= 4 is 49.3 Å². The first-order chi connectivity index (χ1) is 17.8. The topological polar surface area (TPSA) is 35.1 Å². The van der Waals surface area contributed by atoms with Crippen LogP contribution in [0.15, 0.2) is 121 Å². The van der Waals surface area contributed by atoms with Gasteiger partial charge in [-0.15, -0.1) is 0 Å². The van der Waals surface area contributed by atoms with Gasteiger partial charge >= 0.3 is 0 Å². The van der Waals surface area contributed by atoms with E-state index in [0.29, 0.717) is 5.95 Å². The molecule has 0 aliphatic rings. The summed E-state index contributed by atoms with van der Waals surface area (Å²) in [6, 6.07) is 42.5. The van der Waals surface area contributed by atoms with E-state index in [1.165, 1.54) is 21.7 Å². The van der Waals surface area contributed by atoms with Crippen LogP contribution in [0.2, 0.25) is 0 Å². The lowest BCUT2D eigenvalue weighted by atomic mass is 10.0. The highest BCUT2D eigenvalue weighted by Crippen LogP contribution is 2.33. The summed E-state index contributed by atoms with van der Waals surface area (Å²) in [5.74, 6) is 0.672. The van der Waals surface area contributed by atoms with Gasteiger partial charge in [-0.25, -0.2) is 9.97 Å². The molecule has 8 rings (SSSR count). The van der Waals surface area contributed by atoms with Gasteiger partial charge in [0.05, 0.1) is 27.8 Å². The summed E-state index contributed by atoms with van der Waals surface area (Å²) in [5, 5.41) is 4.66. The third-order valence-electron chi connectivity index (χ3n) is 7.10. The van der Waals surface area contributed by atoms with Crippen LogP contribution in [0.4, 0.5) is 0 Å². The van der Waals surface area contributed by atoms with Gasteiger partial charge in [-0.05, 0) is 47.2 Å². The summed E-state index contributed by atoms with van der Waals surface area (Å²) in [5.41, 5.74) is 7.40. The molecule has 0 aliphatic heterocycles. The Kier molecular flexibility index (Phi) is 3.91. The lowest BCUT2D eigenvalue weighted by Gasteiger charge is -2.11. The van der Waals surface area contributed by atoms with E-state index in [1.807, 2.05) is 6.07 Å². The number of hydrogen-bond donors (Lipinski definition) is 0. The molecule has 4 nitrogen and oxygen atoms in total. The van der Waals surface area contributed by atoms with Gasteiger partial charge in [0.15, 0.2) is 0 Å². The smallest absolute Gasteiger partial charge is 0.237 e. The fourth-order valence-corrected chi connectivity index (χ4v) is 5.45. The van der Waals surface area contributed by atoms with Gasteiger partial charge in [0.1, 0.15) is 5.65 Å². The largest absolute Gasteiger partial charge is 0.293 e. The molecule has 0 aliphatic carbocycles. The standard InChI is InChI=1S/C32H20N4/c1-2-10-22-19-24(18-17-21(22)9-1)31-25-12-4-5-13-26(25)33-32(34-31)36-29-16-8-7-15-28(29)35-27-14-6-3-11-23(27)20-30(35)36/h1-20H. The van der Waals surface area contributed by atoms with Crippen LogP contribution < -0.4 is 0 Å². The number of imidazole rings is 1. The summed E-state index contributed by atoms with van der Waals surface area (Å²) in [6.45, 7) is 0. The number of rotatable bonds is 2. The molecule has 5 aromatic carbocycles. The van der Waals surface area contributed by atoms with E-state index in [1.54, 1.807) is 0 Å². The maximum atomic E-state index is 5.23. The van der Waals surface area contributed by atoms with Gasteiger partial charge in [-0.3, -0.25) is 8.97 Å². The first-order valence-corrected chi connectivity index (χ1v) is 12.1. The molecule has 0 atom stereocenters. The number of aromatic nitrogens is 4. The molecular formula is C32H20N4. The predicted octanol–water partition coefficient (Wildman–Crippen LogP) is 7.80. The minimum atomic E-state index is 0.672. The number of hydrogen-bond acceptors (Lipinski definition) is 2. The maximum Gasteiger partial charge on any atom is 0.237 e. The number of benzene rings is 5. The highest BCUT2D eigenvalue weighted by Gasteiger charge is 2.19. The van der Waals surface area contributed by atoms with Gasteiger partial charge in [0.2, 0.25) is 5.95 Å². The lowest BCUT2D eigenvalue weighted by molar-refractivity contribution is 1.00. The van der Waals surface area contributed by atoms with Crippen LogP contribution in [0.3, 0.4) is 0 Å². The van der Waals surface area contributed by atoms with E-state index >= 15 is 0 Å². The highest BCUT2D eigenvalue weighted by molar-refractivity contribution is 5.98. The van der Waals surface area contributed by atoms with E-state index < -0.39 is 0 Å². The van der Waals surface area contributed by atoms with Crippen LogP contribution in [0, 0.1) is 0 Å². The van der Waals surface area contributed by atoms with Crippen LogP contribution >= 0.6 is 0 Å². The highest BCUT2D eigenvalue weighted by atomic mass is 15.2. The van der Waals surface area contributed by atoms with Crippen LogP contribution in [0.5, 0.6) is 0 Å². The zero-order valence-corrected chi connectivity index (χ0v) is 19.3. The van der Waals surface area contributed by atoms with Crippen molar-refractivity contribution in [2.45, 2.75) is 0 Å². The molecule has 0 amide bonds. The Balaban J connectivity index is 1.49. The zero-order valence-electron chi connectivity index (χ0n) is 19.3. The fraction of sp³-hybridized carbons (Fsp3) is 0. The minimum absolute atomic E-state index is 0.672. The number of para-hydroxylation sites is 4. The monoisotopic (exact) mass is 460 g/mol. The van der Waals surface area contributed by atoms with Crippen LogP contribution in [0.1, 0.15) is 0 Å². The van der Waals surface area contributed by atoms with Crippen LogP contribution in [-0.4, -0.2) is 18.9 Å². The van der Waals surface area contributed by atoms with E-state index in [4.69, 9.17) is 9.97 Å². The Hall–Kier alpha value is -4.96. The lowest BCUT2D eigenvalue weighted by Crippen LogP contribution is -2.03. The summed E-state index contributed by atoms with van der Waals surface area (Å²) in [7, 11) is 0. The van der Waals surface area contributed by atoms with Crippen LogP contribution in [-0.2, 0) is 0 Å². The molecule has 0 unspecified atom stereocenters. The van der Waals surface area contributed by atoms with Crippen molar-refractivity contribution in [1.29, 1.82) is 0 Å². The molecule has 168 valence electrons. The second-order valence-corrected chi connectivity index (χ2v) is 9.17. The van der Waals surface area contributed by atoms with Gasteiger partial charge in [0.25, 0.3) is 0 Å². The molecule has 3 heterocycles. The Bertz CT molecular complexity index is 2110. The fourth-order valence-electron chi connectivity index (χ4n) is 5.45. The summed E-state index contributed by atoms with van der Waals surface area (Å²) in [4.78, 5) is 10.3. The van der Waals surface area contributed by atoms with E-state index in [2.05, 4.69) is 124 Å².